The number of rotatable bonds is 5. The van der Waals surface area contributed by atoms with Gasteiger partial charge in [0.1, 0.15) is 13.2 Å². The average molecular weight is 595 g/mol. The summed E-state index contributed by atoms with van der Waals surface area (Å²) in [5.41, 5.74) is 3.78. The first-order valence-electron chi connectivity index (χ1n) is 15.9. The Bertz CT molecular complexity index is 1290. The summed E-state index contributed by atoms with van der Waals surface area (Å²) in [6, 6.07) is 5.98. The van der Waals surface area contributed by atoms with Gasteiger partial charge in [0, 0.05) is 49.6 Å². The van der Waals surface area contributed by atoms with Crippen LogP contribution in [-0.2, 0) is 14.3 Å². The third-order valence-corrected chi connectivity index (χ3v) is 10.3. The van der Waals surface area contributed by atoms with Gasteiger partial charge in [0.2, 0.25) is 11.8 Å². The van der Waals surface area contributed by atoms with Crippen molar-refractivity contribution in [2.45, 2.75) is 58.8 Å². The van der Waals surface area contributed by atoms with Crippen molar-refractivity contribution in [1.29, 1.82) is 0 Å². The molecule has 10 heteroatoms. The number of likely N-dealkylation sites (tertiary alicyclic amines) is 1. The number of ether oxygens (including phenoxy) is 3. The Hall–Kier alpha value is -3.27. The normalized spacial score (nSPS) is 27.7. The molecule has 5 heterocycles. The Labute approximate surface area is 254 Å². The van der Waals surface area contributed by atoms with Gasteiger partial charge >= 0.3 is 6.09 Å². The number of cyclic esters (lactones) is 1. The van der Waals surface area contributed by atoms with Crippen LogP contribution in [0.1, 0.15) is 64.4 Å². The zero-order chi connectivity index (χ0) is 30.2. The number of carbonyl (C=O) groups is 3. The summed E-state index contributed by atoms with van der Waals surface area (Å²) in [7, 11) is 0. The van der Waals surface area contributed by atoms with Crippen LogP contribution in [0.4, 0.5) is 4.79 Å². The first-order chi connectivity index (χ1) is 20.6. The maximum absolute atomic E-state index is 13.5. The highest BCUT2D eigenvalue weighted by Crippen LogP contribution is 2.52. The molecule has 5 aliphatic heterocycles. The van der Waals surface area contributed by atoms with E-state index in [0.29, 0.717) is 52.5 Å². The zero-order valence-corrected chi connectivity index (χ0v) is 25.9. The molecule has 4 bridgehead atoms. The first kappa shape index (κ1) is 29.8. The molecule has 1 aliphatic carbocycles. The van der Waals surface area contributed by atoms with Crippen LogP contribution < -0.4 is 14.8 Å². The molecule has 234 valence electrons. The average Bonchev–Trinajstić information content (AvgIpc) is 3.56. The highest BCUT2D eigenvalue weighted by atomic mass is 16.6. The van der Waals surface area contributed by atoms with Crippen molar-refractivity contribution < 1.29 is 28.6 Å². The SMILES string of the molecule is CC1=C(CCN2CCCOc3cccc4c3OC[C@@]3(CNC(=O)C2)CN(C(=O)CN2CCOC2=O)C[C@@H]43)C(C)(C)CCC1. The van der Waals surface area contributed by atoms with Gasteiger partial charge in [0.15, 0.2) is 11.5 Å². The van der Waals surface area contributed by atoms with E-state index in [9.17, 15) is 14.4 Å². The molecule has 1 aromatic carbocycles. The number of allylic oxidation sites excluding steroid dienone is 1. The summed E-state index contributed by atoms with van der Waals surface area (Å²) in [4.78, 5) is 44.4. The highest BCUT2D eigenvalue weighted by Gasteiger charge is 2.53. The van der Waals surface area contributed by atoms with E-state index in [0.717, 1.165) is 43.0 Å². The van der Waals surface area contributed by atoms with Crippen LogP contribution in [0.15, 0.2) is 29.3 Å². The summed E-state index contributed by atoms with van der Waals surface area (Å²) >= 11 is 0. The van der Waals surface area contributed by atoms with E-state index < -0.39 is 11.5 Å². The third-order valence-electron chi connectivity index (χ3n) is 10.3. The molecular weight excluding hydrogens is 548 g/mol. The van der Waals surface area contributed by atoms with Crippen LogP contribution in [0.3, 0.4) is 0 Å². The fraction of sp³-hybridized carbons (Fsp3) is 0.667. The molecule has 0 aromatic heterocycles. The molecule has 3 amide bonds. The Balaban J connectivity index is 1.20. The van der Waals surface area contributed by atoms with E-state index in [1.54, 1.807) is 5.57 Å². The maximum atomic E-state index is 13.5. The maximum Gasteiger partial charge on any atom is 0.410 e. The fourth-order valence-corrected chi connectivity index (χ4v) is 7.86. The van der Waals surface area contributed by atoms with Gasteiger partial charge in [0.25, 0.3) is 0 Å². The molecule has 2 atom stereocenters. The van der Waals surface area contributed by atoms with Crippen LogP contribution >= 0.6 is 0 Å². The van der Waals surface area contributed by atoms with Crippen LogP contribution in [0.2, 0.25) is 0 Å². The topological polar surface area (TPSA) is 101 Å². The monoisotopic (exact) mass is 594 g/mol. The Morgan fingerprint density at radius 2 is 1.95 bits per heavy atom. The smallest absolute Gasteiger partial charge is 0.410 e. The third kappa shape index (κ3) is 6.08. The first-order valence-corrected chi connectivity index (χ1v) is 15.9. The van der Waals surface area contributed by atoms with Crippen molar-refractivity contribution in [3.8, 4) is 11.5 Å². The van der Waals surface area contributed by atoms with Crippen LogP contribution in [-0.4, -0.2) is 105 Å². The molecule has 43 heavy (non-hydrogen) atoms. The molecule has 10 nitrogen and oxygen atoms in total. The van der Waals surface area contributed by atoms with Gasteiger partial charge in [-0.1, -0.05) is 37.1 Å². The minimum Gasteiger partial charge on any atom is -0.490 e. The Morgan fingerprint density at radius 1 is 1.09 bits per heavy atom. The molecular formula is C33H46N4O6. The molecule has 2 fully saturated rings. The van der Waals surface area contributed by atoms with Crippen molar-refractivity contribution in [2.75, 3.05) is 72.2 Å². The second kappa shape index (κ2) is 12.0. The van der Waals surface area contributed by atoms with E-state index in [4.69, 9.17) is 14.2 Å². The molecule has 2 saturated heterocycles. The van der Waals surface area contributed by atoms with E-state index in [-0.39, 0.29) is 29.7 Å². The molecule has 0 radical (unpaired) electrons. The van der Waals surface area contributed by atoms with Crippen LogP contribution in [0.5, 0.6) is 11.5 Å². The van der Waals surface area contributed by atoms with Gasteiger partial charge < -0.3 is 24.4 Å². The Morgan fingerprint density at radius 3 is 2.74 bits per heavy atom. The van der Waals surface area contributed by atoms with E-state index in [1.807, 2.05) is 23.1 Å². The lowest BCUT2D eigenvalue weighted by Crippen LogP contribution is -2.50. The minimum atomic E-state index is -0.481. The number of hydrogen-bond donors (Lipinski definition) is 1. The summed E-state index contributed by atoms with van der Waals surface area (Å²) in [6.07, 6.45) is 4.95. The number of hydrogen-bond acceptors (Lipinski definition) is 7. The molecule has 6 aliphatic rings. The minimum absolute atomic E-state index is 0.00741. The van der Waals surface area contributed by atoms with Gasteiger partial charge in [-0.15, -0.1) is 0 Å². The number of carbonyl (C=O) groups excluding carboxylic acids is 3. The predicted octanol–water partition coefficient (Wildman–Crippen LogP) is 3.56. The van der Waals surface area contributed by atoms with Gasteiger partial charge in [-0.05, 0) is 50.5 Å². The second-order valence-electron chi connectivity index (χ2n) is 13.7. The highest BCUT2D eigenvalue weighted by molar-refractivity contribution is 5.83. The number of amides is 3. The predicted molar refractivity (Wildman–Crippen MR) is 161 cm³/mol. The summed E-state index contributed by atoms with van der Waals surface area (Å²) < 4.78 is 17.7. The zero-order valence-electron chi connectivity index (χ0n) is 25.9. The van der Waals surface area contributed by atoms with Gasteiger partial charge in [-0.2, -0.15) is 0 Å². The van der Waals surface area contributed by atoms with Gasteiger partial charge in [-0.3, -0.25) is 19.4 Å². The van der Waals surface area contributed by atoms with Crippen molar-refractivity contribution in [3.63, 3.8) is 0 Å². The van der Waals surface area contributed by atoms with E-state index in [2.05, 4.69) is 31.0 Å². The van der Waals surface area contributed by atoms with Crippen LogP contribution in [0.25, 0.3) is 0 Å². The standard InChI is InChI=1S/C33H46N4O6/c1-23-7-5-11-32(2,3)25(23)10-13-35-12-6-15-41-27-9-4-8-24-26-17-37(29(39)19-36-14-16-42-31(36)40)21-33(26,22-43-30(24)27)20-34-28(38)18-35/h4,8-9,26H,5-7,10-22H2,1-3H3,(H,34,38)/t26-,33+/m0/s1. The van der Waals surface area contributed by atoms with Crippen molar-refractivity contribution in [2.24, 2.45) is 10.8 Å². The lowest BCUT2D eigenvalue weighted by Gasteiger charge is -2.40. The molecule has 0 saturated carbocycles. The van der Waals surface area contributed by atoms with E-state index >= 15 is 0 Å². The molecule has 1 aromatic rings. The fourth-order valence-electron chi connectivity index (χ4n) is 7.86. The number of nitrogens with zero attached hydrogens (tertiary/aromatic N) is 3. The van der Waals surface area contributed by atoms with Crippen LogP contribution in [0, 0.1) is 10.8 Å². The lowest BCUT2D eigenvalue weighted by atomic mass is 9.71. The molecule has 7 rings (SSSR count). The number of para-hydroxylation sites is 1. The van der Waals surface area contributed by atoms with Crippen molar-refractivity contribution in [3.05, 3.63) is 34.9 Å². The summed E-state index contributed by atoms with van der Waals surface area (Å²) in [5.74, 6) is 1.31. The lowest BCUT2D eigenvalue weighted by molar-refractivity contribution is -0.131. The summed E-state index contributed by atoms with van der Waals surface area (Å²) in [6.45, 7) is 11.8. The largest absolute Gasteiger partial charge is 0.490 e. The van der Waals surface area contributed by atoms with Gasteiger partial charge in [0.05, 0.1) is 26.3 Å². The number of nitrogens with one attached hydrogen (secondary N) is 1. The van der Waals surface area contributed by atoms with Crippen molar-refractivity contribution >= 4 is 17.9 Å². The summed E-state index contributed by atoms with van der Waals surface area (Å²) in [5, 5.41) is 3.24. The molecule has 1 N–H and O–H groups in total. The second-order valence-corrected chi connectivity index (χ2v) is 13.7. The molecule has 0 unspecified atom stereocenters. The van der Waals surface area contributed by atoms with Gasteiger partial charge in [-0.25, -0.2) is 4.79 Å². The number of benzene rings is 1. The number of fused-ring (bicyclic) bond motifs is 9. The Kier molecular flexibility index (Phi) is 8.33. The molecule has 1 spiro atoms. The van der Waals surface area contributed by atoms with Crippen molar-refractivity contribution in [1.82, 2.24) is 20.0 Å². The van der Waals surface area contributed by atoms with E-state index in [1.165, 1.54) is 29.7 Å². The quantitative estimate of drug-likeness (QED) is 0.521.